The van der Waals surface area contributed by atoms with Crippen molar-refractivity contribution in [2.45, 2.75) is 32.2 Å². The summed E-state index contributed by atoms with van der Waals surface area (Å²) in [6.45, 7) is 6.75. The van der Waals surface area contributed by atoms with E-state index in [-0.39, 0.29) is 5.91 Å². The average Bonchev–Trinajstić information content (AvgIpc) is 3.21. The van der Waals surface area contributed by atoms with Gasteiger partial charge in [-0.3, -0.25) is 19.6 Å². The maximum atomic E-state index is 12.1. The molecule has 1 aromatic carbocycles. The van der Waals surface area contributed by atoms with Gasteiger partial charge in [0.15, 0.2) is 0 Å². The highest BCUT2D eigenvalue weighted by atomic mass is 16.2. The predicted molar refractivity (Wildman–Crippen MR) is 108 cm³/mol. The molecule has 0 radical (unpaired) electrons. The molecule has 0 atom stereocenters. The third kappa shape index (κ3) is 4.85. The van der Waals surface area contributed by atoms with Crippen LogP contribution in [0.1, 0.15) is 31.2 Å². The van der Waals surface area contributed by atoms with Crippen molar-refractivity contribution in [2.24, 2.45) is 5.92 Å². The fourth-order valence-corrected chi connectivity index (χ4v) is 4.34. The van der Waals surface area contributed by atoms with Crippen LogP contribution in [0.5, 0.6) is 0 Å². The van der Waals surface area contributed by atoms with Gasteiger partial charge in [0.25, 0.3) is 0 Å². The number of benzene rings is 1. The Morgan fingerprint density at radius 2 is 1.81 bits per heavy atom. The second-order valence-electron chi connectivity index (χ2n) is 7.99. The molecule has 3 heterocycles. The molecular formula is C22H30N4O. The van der Waals surface area contributed by atoms with Gasteiger partial charge in [0, 0.05) is 24.7 Å². The highest BCUT2D eigenvalue weighted by Gasteiger charge is 2.21. The van der Waals surface area contributed by atoms with Crippen molar-refractivity contribution >= 4 is 16.8 Å². The van der Waals surface area contributed by atoms with Gasteiger partial charge < -0.3 is 5.32 Å². The summed E-state index contributed by atoms with van der Waals surface area (Å²) in [5.74, 6) is 0.806. The summed E-state index contributed by atoms with van der Waals surface area (Å²) in [5, 5.41) is 4.42. The number of hydrogen-bond donors (Lipinski definition) is 1. The number of nitrogens with one attached hydrogen (secondary N) is 1. The van der Waals surface area contributed by atoms with Gasteiger partial charge in [-0.15, -0.1) is 0 Å². The number of fused-ring (bicyclic) bond motifs is 1. The van der Waals surface area contributed by atoms with Gasteiger partial charge in [-0.25, -0.2) is 0 Å². The lowest BCUT2D eigenvalue weighted by Crippen LogP contribution is -2.41. The minimum absolute atomic E-state index is 0.197. The van der Waals surface area contributed by atoms with Gasteiger partial charge in [0.2, 0.25) is 5.91 Å². The second kappa shape index (κ2) is 8.81. The number of piperidine rings is 1. The van der Waals surface area contributed by atoms with Crippen molar-refractivity contribution in [3.63, 3.8) is 0 Å². The molecule has 0 saturated carbocycles. The van der Waals surface area contributed by atoms with Crippen molar-refractivity contribution in [2.75, 3.05) is 39.3 Å². The molecule has 0 aliphatic carbocycles. The zero-order chi connectivity index (χ0) is 18.5. The van der Waals surface area contributed by atoms with Crippen LogP contribution in [0.2, 0.25) is 0 Å². The summed E-state index contributed by atoms with van der Waals surface area (Å²) in [7, 11) is 0. The van der Waals surface area contributed by atoms with E-state index in [0.29, 0.717) is 12.5 Å². The number of carbonyl (C=O) groups is 1. The van der Waals surface area contributed by atoms with Crippen LogP contribution < -0.4 is 5.32 Å². The number of likely N-dealkylation sites (tertiary alicyclic amines) is 2. The Bertz CT molecular complexity index is 759. The third-order valence-electron chi connectivity index (χ3n) is 5.99. The fourth-order valence-electron chi connectivity index (χ4n) is 4.34. The van der Waals surface area contributed by atoms with E-state index in [2.05, 4.69) is 44.4 Å². The van der Waals surface area contributed by atoms with Crippen molar-refractivity contribution in [1.82, 2.24) is 20.1 Å². The monoisotopic (exact) mass is 366 g/mol. The minimum atomic E-state index is 0.197. The van der Waals surface area contributed by atoms with Crippen LogP contribution >= 0.6 is 0 Å². The van der Waals surface area contributed by atoms with Crippen LogP contribution in [-0.4, -0.2) is 60.0 Å². The molecule has 2 aromatic rings. The lowest BCUT2D eigenvalue weighted by molar-refractivity contribution is -0.122. The summed E-state index contributed by atoms with van der Waals surface area (Å²) in [5.41, 5.74) is 2.43. The van der Waals surface area contributed by atoms with Crippen LogP contribution in [0.25, 0.3) is 10.9 Å². The number of nitrogens with zero attached hydrogens (tertiary/aromatic N) is 3. The average molecular weight is 367 g/mol. The molecule has 1 aromatic heterocycles. The molecule has 5 nitrogen and oxygen atoms in total. The van der Waals surface area contributed by atoms with E-state index in [1.54, 1.807) is 0 Å². The normalized spacial score (nSPS) is 19.6. The van der Waals surface area contributed by atoms with Crippen LogP contribution in [0.4, 0.5) is 0 Å². The molecule has 2 aliphatic rings. The van der Waals surface area contributed by atoms with Crippen LogP contribution in [0, 0.1) is 5.92 Å². The van der Waals surface area contributed by atoms with E-state index < -0.39 is 0 Å². The van der Waals surface area contributed by atoms with Crippen LogP contribution in [0.15, 0.2) is 36.5 Å². The molecule has 5 heteroatoms. The van der Waals surface area contributed by atoms with E-state index in [1.165, 1.54) is 23.8 Å². The van der Waals surface area contributed by atoms with E-state index >= 15 is 0 Å². The highest BCUT2D eigenvalue weighted by molar-refractivity contribution is 5.81. The Balaban J connectivity index is 1.22. The first-order chi connectivity index (χ1) is 13.3. The van der Waals surface area contributed by atoms with Gasteiger partial charge >= 0.3 is 0 Å². The Morgan fingerprint density at radius 1 is 1.04 bits per heavy atom. The molecule has 2 saturated heterocycles. The van der Waals surface area contributed by atoms with Gasteiger partial charge in [0.1, 0.15) is 0 Å². The summed E-state index contributed by atoms with van der Waals surface area (Å²) in [4.78, 5) is 21.4. The van der Waals surface area contributed by atoms with E-state index in [9.17, 15) is 4.79 Å². The Kier molecular flexibility index (Phi) is 6.00. The maximum Gasteiger partial charge on any atom is 0.234 e. The summed E-state index contributed by atoms with van der Waals surface area (Å²) >= 11 is 0. The molecule has 1 N–H and O–H groups in total. The van der Waals surface area contributed by atoms with Crippen molar-refractivity contribution < 1.29 is 4.79 Å². The molecule has 0 unspecified atom stereocenters. The zero-order valence-electron chi connectivity index (χ0n) is 16.1. The number of hydrogen-bond acceptors (Lipinski definition) is 4. The highest BCUT2D eigenvalue weighted by Crippen LogP contribution is 2.22. The molecular weight excluding hydrogens is 336 g/mol. The smallest absolute Gasteiger partial charge is 0.234 e. The summed E-state index contributed by atoms with van der Waals surface area (Å²) in [6.07, 6.45) is 6.71. The number of pyridine rings is 1. The second-order valence-corrected chi connectivity index (χ2v) is 7.99. The first kappa shape index (κ1) is 18.4. The lowest BCUT2D eigenvalue weighted by atomic mass is 9.96. The number of amides is 1. The Labute approximate surface area is 161 Å². The standard InChI is InChI=1S/C22H30N4O/c27-22(17-25-11-3-4-12-25)24-15-18-8-13-26(14-9-18)16-19-7-10-23-21-6-2-1-5-20(19)21/h1-2,5-7,10,18H,3-4,8-9,11-17H2,(H,24,27). The molecule has 1 amide bonds. The van der Waals surface area contributed by atoms with Crippen LogP contribution in [-0.2, 0) is 11.3 Å². The largest absolute Gasteiger partial charge is 0.355 e. The molecule has 4 rings (SSSR count). The Morgan fingerprint density at radius 3 is 2.63 bits per heavy atom. The number of rotatable bonds is 6. The maximum absolute atomic E-state index is 12.1. The number of para-hydroxylation sites is 1. The first-order valence-electron chi connectivity index (χ1n) is 10.3. The van der Waals surface area contributed by atoms with E-state index in [0.717, 1.165) is 57.6 Å². The molecule has 27 heavy (non-hydrogen) atoms. The van der Waals surface area contributed by atoms with Crippen molar-refractivity contribution in [3.8, 4) is 0 Å². The van der Waals surface area contributed by atoms with Crippen LogP contribution in [0.3, 0.4) is 0 Å². The van der Waals surface area contributed by atoms with Gasteiger partial charge in [-0.2, -0.15) is 0 Å². The van der Waals surface area contributed by atoms with Gasteiger partial charge in [0.05, 0.1) is 12.1 Å². The molecule has 0 bridgehead atoms. The first-order valence-corrected chi connectivity index (χ1v) is 10.3. The van der Waals surface area contributed by atoms with Crippen molar-refractivity contribution in [1.29, 1.82) is 0 Å². The predicted octanol–water partition coefficient (Wildman–Crippen LogP) is 2.66. The SMILES string of the molecule is O=C(CN1CCCC1)NCC1CCN(Cc2ccnc3ccccc23)CC1. The fraction of sp³-hybridized carbons (Fsp3) is 0.545. The quantitative estimate of drug-likeness (QED) is 0.854. The lowest BCUT2D eigenvalue weighted by Gasteiger charge is -2.32. The minimum Gasteiger partial charge on any atom is -0.355 e. The molecule has 0 spiro atoms. The van der Waals surface area contributed by atoms with Crippen molar-refractivity contribution in [3.05, 3.63) is 42.1 Å². The molecule has 144 valence electrons. The summed E-state index contributed by atoms with van der Waals surface area (Å²) < 4.78 is 0. The number of aromatic nitrogens is 1. The topological polar surface area (TPSA) is 48.5 Å². The number of carbonyl (C=O) groups excluding carboxylic acids is 1. The third-order valence-corrected chi connectivity index (χ3v) is 5.99. The summed E-state index contributed by atoms with van der Waals surface area (Å²) in [6, 6.07) is 10.5. The zero-order valence-corrected chi connectivity index (χ0v) is 16.1. The van der Waals surface area contributed by atoms with Gasteiger partial charge in [-0.05, 0) is 75.5 Å². The van der Waals surface area contributed by atoms with E-state index in [4.69, 9.17) is 0 Å². The molecule has 2 aliphatic heterocycles. The molecule has 2 fully saturated rings. The Hall–Kier alpha value is -1.98. The van der Waals surface area contributed by atoms with Gasteiger partial charge in [-0.1, -0.05) is 18.2 Å². The van der Waals surface area contributed by atoms with E-state index in [1.807, 2.05) is 12.3 Å².